The van der Waals surface area contributed by atoms with Gasteiger partial charge in [-0.15, -0.1) is 0 Å². The molecular weight excluding hydrogens is 297 g/mol. The maximum Gasteiger partial charge on any atom is 0.274 e. The van der Waals surface area contributed by atoms with Crippen LogP contribution in [0.4, 0.5) is 4.39 Å². The van der Waals surface area contributed by atoms with E-state index in [1.165, 1.54) is 24.3 Å². The maximum absolute atomic E-state index is 12.8. The first-order chi connectivity index (χ1) is 9.90. The largest absolute Gasteiger partial charge is 0.446 e. The molecule has 0 amide bonds. The Morgan fingerprint density at radius 3 is 2.48 bits per heavy atom. The summed E-state index contributed by atoms with van der Waals surface area (Å²) in [6, 6.07) is 8.18. The van der Waals surface area contributed by atoms with E-state index in [0.717, 1.165) is 5.56 Å². The SMILES string of the molecule is CC(Cc1ccc(F)cc1)NS(=O)(=O)c1ccc(CO)o1. The van der Waals surface area contributed by atoms with Crippen LogP contribution in [0, 0.1) is 5.82 Å². The molecule has 1 atom stereocenters. The van der Waals surface area contributed by atoms with Crippen LogP contribution in [-0.4, -0.2) is 19.6 Å². The third kappa shape index (κ3) is 4.13. The molecule has 114 valence electrons. The van der Waals surface area contributed by atoms with Crippen LogP contribution in [0.5, 0.6) is 0 Å². The van der Waals surface area contributed by atoms with Crippen molar-refractivity contribution in [3.05, 3.63) is 53.5 Å². The molecule has 0 bridgehead atoms. The molecule has 7 heteroatoms. The van der Waals surface area contributed by atoms with Crippen molar-refractivity contribution >= 4 is 10.0 Å². The predicted octanol–water partition coefficient (Wildman–Crippen LogP) is 1.82. The minimum Gasteiger partial charge on any atom is -0.446 e. The lowest BCUT2D eigenvalue weighted by Crippen LogP contribution is -2.33. The molecule has 0 spiro atoms. The zero-order chi connectivity index (χ0) is 15.5. The van der Waals surface area contributed by atoms with Gasteiger partial charge in [0, 0.05) is 6.04 Å². The Hall–Kier alpha value is -1.70. The first kappa shape index (κ1) is 15.7. The summed E-state index contributed by atoms with van der Waals surface area (Å²) in [6.45, 7) is 1.34. The Kier molecular flexibility index (Phi) is 4.76. The molecule has 0 aliphatic carbocycles. The molecular formula is C14H16FNO4S. The van der Waals surface area contributed by atoms with E-state index in [0.29, 0.717) is 6.42 Å². The molecule has 0 saturated carbocycles. The van der Waals surface area contributed by atoms with E-state index >= 15 is 0 Å². The Morgan fingerprint density at radius 1 is 1.24 bits per heavy atom. The highest BCUT2D eigenvalue weighted by molar-refractivity contribution is 7.89. The van der Waals surface area contributed by atoms with E-state index in [4.69, 9.17) is 9.52 Å². The first-order valence-electron chi connectivity index (χ1n) is 6.37. The van der Waals surface area contributed by atoms with Gasteiger partial charge in [0.05, 0.1) is 0 Å². The van der Waals surface area contributed by atoms with Gasteiger partial charge in [-0.05, 0) is 43.2 Å². The smallest absolute Gasteiger partial charge is 0.274 e. The zero-order valence-corrected chi connectivity index (χ0v) is 12.2. The minimum atomic E-state index is -3.78. The van der Waals surface area contributed by atoms with Gasteiger partial charge in [0.1, 0.15) is 18.2 Å². The molecule has 0 aliphatic heterocycles. The average Bonchev–Trinajstić information content (AvgIpc) is 2.90. The molecule has 2 aromatic rings. The predicted molar refractivity (Wildman–Crippen MR) is 74.5 cm³/mol. The van der Waals surface area contributed by atoms with Gasteiger partial charge < -0.3 is 9.52 Å². The highest BCUT2D eigenvalue weighted by atomic mass is 32.2. The quantitative estimate of drug-likeness (QED) is 0.852. The van der Waals surface area contributed by atoms with Crippen LogP contribution in [0.2, 0.25) is 0 Å². The van der Waals surface area contributed by atoms with Crippen LogP contribution in [0.25, 0.3) is 0 Å². The molecule has 1 unspecified atom stereocenters. The number of aliphatic hydroxyl groups excluding tert-OH is 1. The number of halogens is 1. The second-order valence-corrected chi connectivity index (χ2v) is 6.38. The van der Waals surface area contributed by atoms with Crippen LogP contribution in [0.3, 0.4) is 0 Å². The van der Waals surface area contributed by atoms with Crippen molar-refractivity contribution in [3.63, 3.8) is 0 Å². The lowest BCUT2D eigenvalue weighted by molar-refractivity contribution is 0.236. The van der Waals surface area contributed by atoms with Gasteiger partial charge in [0.2, 0.25) is 5.09 Å². The third-order valence-electron chi connectivity index (χ3n) is 2.87. The van der Waals surface area contributed by atoms with Gasteiger partial charge in [0.15, 0.2) is 0 Å². The standard InChI is InChI=1S/C14H16FNO4S/c1-10(8-11-2-4-12(15)5-3-11)16-21(18,19)14-7-6-13(9-17)20-14/h2-7,10,16-17H,8-9H2,1H3. The van der Waals surface area contributed by atoms with E-state index in [1.807, 2.05) is 0 Å². The average molecular weight is 313 g/mol. The number of benzene rings is 1. The fourth-order valence-electron chi connectivity index (χ4n) is 1.93. The highest BCUT2D eigenvalue weighted by Gasteiger charge is 2.21. The van der Waals surface area contributed by atoms with Gasteiger partial charge in [-0.25, -0.2) is 17.5 Å². The van der Waals surface area contributed by atoms with Crippen molar-refractivity contribution in [1.29, 1.82) is 0 Å². The monoisotopic (exact) mass is 313 g/mol. The summed E-state index contributed by atoms with van der Waals surface area (Å²) in [7, 11) is -3.78. The first-order valence-corrected chi connectivity index (χ1v) is 7.85. The number of rotatable bonds is 6. The molecule has 1 aromatic carbocycles. The summed E-state index contributed by atoms with van der Waals surface area (Å²) < 4.78 is 44.4. The second kappa shape index (κ2) is 6.38. The summed E-state index contributed by atoms with van der Waals surface area (Å²) in [5.41, 5.74) is 0.821. The summed E-state index contributed by atoms with van der Waals surface area (Å²) in [5.74, 6) is -0.152. The molecule has 5 nitrogen and oxygen atoms in total. The van der Waals surface area contributed by atoms with Gasteiger partial charge >= 0.3 is 0 Å². The lowest BCUT2D eigenvalue weighted by atomic mass is 10.1. The highest BCUT2D eigenvalue weighted by Crippen LogP contribution is 2.15. The molecule has 2 rings (SSSR count). The van der Waals surface area contributed by atoms with E-state index in [2.05, 4.69) is 4.72 Å². The van der Waals surface area contributed by atoms with Gasteiger partial charge in [-0.2, -0.15) is 0 Å². The van der Waals surface area contributed by atoms with Crippen LogP contribution >= 0.6 is 0 Å². The summed E-state index contributed by atoms with van der Waals surface area (Å²) in [5, 5.41) is 8.64. The molecule has 0 fully saturated rings. The Labute approximate surface area is 122 Å². The van der Waals surface area contributed by atoms with Crippen molar-refractivity contribution in [2.24, 2.45) is 0 Å². The summed E-state index contributed by atoms with van der Waals surface area (Å²) >= 11 is 0. The number of nitrogens with one attached hydrogen (secondary N) is 1. The van der Waals surface area contributed by atoms with Crippen molar-refractivity contribution in [2.75, 3.05) is 0 Å². The van der Waals surface area contributed by atoms with Crippen LogP contribution in [-0.2, 0) is 23.1 Å². The van der Waals surface area contributed by atoms with Crippen LogP contribution in [0.15, 0.2) is 45.9 Å². The lowest BCUT2D eigenvalue weighted by Gasteiger charge is -2.13. The van der Waals surface area contributed by atoms with Crippen molar-refractivity contribution in [3.8, 4) is 0 Å². The van der Waals surface area contributed by atoms with E-state index in [-0.39, 0.29) is 29.3 Å². The molecule has 2 N–H and O–H groups in total. The fraction of sp³-hybridized carbons (Fsp3) is 0.286. The normalized spacial score (nSPS) is 13.3. The number of sulfonamides is 1. The van der Waals surface area contributed by atoms with Gasteiger partial charge in [-0.1, -0.05) is 12.1 Å². The van der Waals surface area contributed by atoms with Gasteiger partial charge in [-0.3, -0.25) is 0 Å². The Morgan fingerprint density at radius 2 is 1.90 bits per heavy atom. The molecule has 0 radical (unpaired) electrons. The second-order valence-electron chi connectivity index (χ2n) is 4.73. The molecule has 0 aliphatic rings. The topological polar surface area (TPSA) is 79.5 Å². The number of hydrogen-bond acceptors (Lipinski definition) is 4. The number of hydrogen-bond donors (Lipinski definition) is 2. The molecule has 0 saturated heterocycles. The third-order valence-corrected chi connectivity index (χ3v) is 4.33. The van der Waals surface area contributed by atoms with Crippen molar-refractivity contribution < 1.29 is 22.3 Å². The van der Waals surface area contributed by atoms with Crippen molar-refractivity contribution in [2.45, 2.75) is 31.1 Å². The van der Waals surface area contributed by atoms with E-state index < -0.39 is 10.0 Å². The van der Waals surface area contributed by atoms with E-state index in [9.17, 15) is 12.8 Å². The maximum atomic E-state index is 12.8. The number of furan rings is 1. The minimum absolute atomic E-state index is 0.182. The van der Waals surface area contributed by atoms with Crippen molar-refractivity contribution in [1.82, 2.24) is 4.72 Å². The molecule has 21 heavy (non-hydrogen) atoms. The fourth-order valence-corrected chi connectivity index (χ4v) is 3.12. The van der Waals surface area contributed by atoms with Crippen LogP contribution in [0.1, 0.15) is 18.2 Å². The zero-order valence-electron chi connectivity index (χ0n) is 11.4. The Balaban J connectivity index is 2.03. The summed E-state index contributed by atoms with van der Waals surface area (Å²) in [6.07, 6.45) is 0.424. The number of aliphatic hydroxyl groups is 1. The molecule has 1 aromatic heterocycles. The molecule has 1 heterocycles. The summed E-state index contributed by atoms with van der Waals surface area (Å²) in [4.78, 5) is 0. The van der Waals surface area contributed by atoms with Gasteiger partial charge in [0.25, 0.3) is 10.0 Å². The van der Waals surface area contributed by atoms with E-state index in [1.54, 1.807) is 19.1 Å². The Bertz CT molecular complexity index is 694. The van der Waals surface area contributed by atoms with Crippen LogP contribution < -0.4 is 4.72 Å².